The van der Waals surface area contributed by atoms with E-state index in [9.17, 15) is 4.79 Å². The van der Waals surface area contributed by atoms with E-state index in [0.29, 0.717) is 11.4 Å². The molecular weight excluding hydrogens is 286 g/mol. The first-order valence-corrected chi connectivity index (χ1v) is 7.13. The normalized spacial score (nSPS) is 18.1. The van der Waals surface area contributed by atoms with E-state index in [-0.39, 0.29) is 11.9 Å². The van der Waals surface area contributed by atoms with Crippen LogP contribution in [0.1, 0.15) is 36.0 Å². The van der Waals surface area contributed by atoms with Crippen LogP contribution >= 0.6 is 0 Å². The van der Waals surface area contributed by atoms with Crippen molar-refractivity contribution >= 4 is 5.97 Å². The summed E-state index contributed by atoms with van der Waals surface area (Å²) in [6.45, 7) is 0.737. The Hall–Kier alpha value is -2.41. The minimum Gasteiger partial charge on any atom is -0.497 e. The van der Waals surface area contributed by atoms with E-state index in [0.717, 1.165) is 31.4 Å². The van der Waals surface area contributed by atoms with E-state index < -0.39 is 5.97 Å². The Bertz CT molecular complexity index is 677. The molecule has 116 valence electrons. The largest absolute Gasteiger partial charge is 0.497 e. The van der Waals surface area contributed by atoms with Crippen LogP contribution in [0.25, 0.3) is 11.3 Å². The molecule has 7 heteroatoms. The van der Waals surface area contributed by atoms with Gasteiger partial charge in [0.1, 0.15) is 12.0 Å². The molecule has 0 amide bonds. The third-order valence-electron chi connectivity index (χ3n) is 3.60. The number of aromatic carboxylic acids is 1. The Kier molecular flexibility index (Phi) is 4.06. The first-order valence-electron chi connectivity index (χ1n) is 7.13. The summed E-state index contributed by atoms with van der Waals surface area (Å²) in [6.07, 6.45) is 6.53. The number of rotatable bonds is 4. The molecule has 1 aliphatic heterocycles. The lowest BCUT2D eigenvalue weighted by Crippen LogP contribution is -2.18. The maximum atomic E-state index is 11.1. The number of methoxy groups -OCH3 is 1. The van der Waals surface area contributed by atoms with Gasteiger partial charge in [0.2, 0.25) is 0 Å². The molecule has 0 aliphatic carbocycles. The molecule has 1 atom stereocenters. The maximum absolute atomic E-state index is 11.1. The van der Waals surface area contributed by atoms with E-state index >= 15 is 0 Å². The van der Waals surface area contributed by atoms with Crippen LogP contribution in [0.2, 0.25) is 0 Å². The zero-order valence-corrected chi connectivity index (χ0v) is 12.2. The standard InChI is InChI=1S/C15H17N3O4/c1-21-11-6-12(17-13(7-11)15(19)20)10-8-16-18(9-10)14-4-2-3-5-22-14/h6-9,14H,2-5H2,1H3,(H,19,20). The molecule has 0 radical (unpaired) electrons. The molecule has 2 aromatic rings. The third kappa shape index (κ3) is 2.94. The zero-order valence-electron chi connectivity index (χ0n) is 12.2. The fourth-order valence-electron chi connectivity index (χ4n) is 2.44. The van der Waals surface area contributed by atoms with E-state index in [1.165, 1.54) is 13.2 Å². The van der Waals surface area contributed by atoms with Crippen molar-refractivity contribution in [3.8, 4) is 17.0 Å². The molecule has 0 aromatic carbocycles. The minimum absolute atomic E-state index is 0.0592. The smallest absolute Gasteiger partial charge is 0.354 e. The molecule has 1 N–H and O–H groups in total. The van der Waals surface area contributed by atoms with Gasteiger partial charge < -0.3 is 14.6 Å². The number of hydrogen-bond acceptors (Lipinski definition) is 5. The van der Waals surface area contributed by atoms with Crippen LogP contribution in [-0.2, 0) is 4.74 Å². The summed E-state index contributed by atoms with van der Waals surface area (Å²) in [5, 5.41) is 13.4. The average molecular weight is 303 g/mol. The predicted molar refractivity (Wildman–Crippen MR) is 77.8 cm³/mol. The van der Waals surface area contributed by atoms with E-state index in [1.54, 1.807) is 16.9 Å². The van der Waals surface area contributed by atoms with Crippen LogP contribution in [0.15, 0.2) is 24.5 Å². The molecule has 0 saturated carbocycles. The summed E-state index contributed by atoms with van der Waals surface area (Å²) in [5.74, 6) is -0.646. The quantitative estimate of drug-likeness (QED) is 0.933. The van der Waals surface area contributed by atoms with Crippen LogP contribution in [0.5, 0.6) is 5.75 Å². The zero-order chi connectivity index (χ0) is 15.5. The molecule has 0 spiro atoms. The third-order valence-corrected chi connectivity index (χ3v) is 3.60. The van der Waals surface area contributed by atoms with Crippen LogP contribution in [0.3, 0.4) is 0 Å². The highest BCUT2D eigenvalue weighted by Gasteiger charge is 2.18. The number of hydrogen-bond donors (Lipinski definition) is 1. The number of carbonyl (C=O) groups is 1. The molecule has 1 aliphatic rings. The van der Waals surface area contributed by atoms with Gasteiger partial charge in [-0.1, -0.05) is 0 Å². The monoisotopic (exact) mass is 303 g/mol. The highest BCUT2D eigenvalue weighted by Crippen LogP contribution is 2.26. The number of carboxylic acids is 1. The summed E-state index contributed by atoms with van der Waals surface area (Å²) >= 11 is 0. The summed E-state index contributed by atoms with van der Waals surface area (Å²) < 4.78 is 12.6. The van der Waals surface area contributed by atoms with Gasteiger partial charge in [0, 0.05) is 30.5 Å². The topological polar surface area (TPSA) is 86.5 Å². The summed E-state index contributed by atoms with van der Waals surface area (Å²) in [7, 11) is 1.49. The SMILES string of the molecule is COc1cc(C(=O)O)nc(-c2cnn(C3CCCCO3)c2)c1. The van der Waals surface area contributed by atoms with Crippen LogP contribution in [0, 0.1) is 0 Å². The molecule has 22 heavy (non-hydrogen) atoms. The Labute approximate surface area is 127 Å². The number of nitrogens with zero attached hydrogens (tertiary/aromatic N) is 3. The van der Waals surface area contributed by atoms with Crippen molar-refractivity contribution in [2.75, 3.05) is 13.7 Å². The predicted octanol–water partition coefficient (Wildman–Crippen LogP) is 2.35. The van der Waals surface area contributed by atoms with Gasteiger partial charge in [-0.2, -0.15) is 5.10 Å². The first kappa shape index (κ1) is 14.5. The molecular formula is C15H17N3O4. The van der Waals surface area contributed by atoms with Gasteiger partial charge in [0.05, 0.1) is 19.0 Å². The van der Waals surface area contributed by atoms with Gasteiger partial charge >= 0.3 is 5.97 Å². The number of ether oxygens (including phenoxy) is 2. The highest BCUT2D eigenvalue weighted by molar-refractivity contribution is 5.86. The Balaban J connectivity index is 1.92. The molecule has 1 saturated heterocycles. The summed E-state index contributed by atoms with van der Waals surface area (Å²) in [5.41, 5.74) is 1.19. The van der Waals surface area contributed by atoms with E-state index in [2.05, 4.69) is 10.1 Å². The van der Waals surface area contributed by atoms with Gasteiger partial charge in [-0.25, -0.2) is 14.5 Å². The van der Waals surface area contributed by atoms with Crippen molar-refractivity contribution < 1.29 is 19.4 Å². The Morgan fingerprint density at radius 3 is 3.00 bits per heavy atom. The molecule has 1 unspecified atom stereocenters. The lowest BCUT2D eigenvalue weighted by molar-refractivity contribution is -0.0394. The van der Waals surface area contributed by atoms with Gasteiger partial charge in [-0.3, -0.25) is 0 Å². The average Bonchev–Trinajstić information content (AvgIpc) is 3.05. The van der Waals surface area contributed by atoms with Crippen molar-refractivity contribution in [1.29, 1.82) is 0 Å². The van der Waals surface area contributed by atoms with Crippen molar-refractivity contribution in [1.82, 2.24) is 14.8 Å². The van der Waals surface area contributed by atoms with Crippen molar-refractivity contribution in [2.45, 2.75) is 25.5 Å². The van der Waals surface area contributed by atoms with Gasteiger partial charge in [-0.05, 0) is 19.3 Å². The molecule has 3 heterocycles. The fraction of sp³-hybridized carbons (Fsp3) is 0.400. The van der Waals surface area contributed by atoms with Crippen LogP contribution < -0.4 is 4.74 Å². The number of carboxylic acid groups (broad SMARTS) is 1. The van der Waals surface area contributed by atoms with Crippen molar-refractivity contribution in [2.24, 2.45) is 0 Å². The van der Waals surface area contributed by atoms with Gasteiger partial charge in [-0.15, -0.1) is 0 Å². The van der Waals surface area contributed by atoms with E-state index in [1.807, 2.05) is 6.20 Å². The number of aromatic nitrogens is 3. The molecule has 7 nitrogen and oxygen atoms in total. The van der Waals surface area contributed by atoms with Gasteiger partial charge in [0.25, 0.3) is 0 Å². The molecule has 3 rings (SSSR count). The highest BCUT2D eigenvalue weighted by atomic mass is 16.5. The van der Waals surface area contributed by atoms with Crippen molar-refractivity contribution in [3.63, 3.8) is 0 Å². The Morgan fingerprint density at radius 1 is 1.45 bits per heavy atom. The molecule has 2 aromatic heterocycles. The maximum Gasteiger partial charge on any atom is 0.354 e. The van der Waals surface area contributed by atoms with Crippen molar-refractivity contribution in [3.05, 3.63) is 30.2 Å². The van der Waals surface area contributed by atoms with Crippen LogP contribution in [0.4, 0.5) is 0 Å². The molecule has 0 bridgehead atoms. The summed E-state index contributed by atoms with van der Waals surface area (Å²) in [6, 6.07) is 3.08. The second-order valence-corrected chi connectivity index (χ2v) is 5.11. The Morgan fingerprint density at radius 2 is 2.32 bits per heavy atom. The fourth-order valence-corrected chi connectivity index (χ4v) is 2.44. The summed E-state index contributed by atoms with van der Waals surface area (Å²) in [4.78, 5) is 15.3. The first-order chi connectivity index (χ1) is 10.7. The molecule has 1 fully saturated rings. The second-order valence-electron chi connectivity index (χ2n) is 5.11. The number of pyridine rings is 1. The van der Waals surface area contributed by atoms with Gasteiger partial charge in [0.15, 0.2) is 5.69 Å². The lowest BCUT2D eigenvalue weighted by Gasteiger charge is -2.22. The minimum atomic E-state index is -1.09. The van der Waals surface area contributed by atoms with E-state index in [4.69, 9.17) is 14.6 Å². The lowest BCUT2D eigenvalue weighted by atomic mass is 10.2. The van der Waals surface area contributed by atoms with Crippen LogP contribution in [-0.4, -0.2) is 39.6 Å². The second kappa shape index (κ2) is 6.15.